The molecule has 0 radical (unpaired) electrons. The van der Waals surface area contributed by atoms with E-state index in [9.17, 15) is 24.5 Å². The summed E-state index contributed by atoms with van der Waals surface area (Å²) in [5.41, 5.74) is -0.434. The number of nitrogens with one attached hydrogen (secondary N) is 1. The number of halogens is 1. The average Bonchev–Trinajstić information content (AvgIpc) is 3.38. The molecule has 2 heterocycles. The molecular formula is C21H22ClN3O7S. The fraction of sp³-hybridized carbons (Fsp3) is 0.381. The Balaban J connectivity index is 1.96. The Hall–Kier alpha value is -3.02. The molecule has 1 aliphatic rings. The molecule has 1 N–H and O–H groups in total. The number of amides is 1. The van der Waals surface area contributed by atoms with E-state index < -0.39 is 22.4 Å². The van der Waals surface area contributed by atoms with E-state index in [0.717, 1.165) is 30.3 Å². The number of rotatable bonds is 8. The van der Waals surface area contributed by atoms with Gasteiger partial charge in [-0.1, -0.05) is 17.7 Å². The zero-order chi connectivity index (χ0) is 24.0. The molecule has 2 aromatic rings. The molecule has 10 nitrogen and oxygen atoms in total. The van der Waals surface area contributed by atoms with Crippen LogP contribution in [0.4, 0.5) is 5.69 Å². The van der Waals surface area contributed by atoms with Crippen molar-refractivity contribution < 1.29 is 24.0 Å². The van der Waals surface area contributed by atoms with Gasteiger partial charge in [-0.05, 0) is 37.5 Å². The van der Waals surface area contributed by atoms with E-state index in [0.29, 0.717) is 18.7 Å². The van der Waals surface area contributed by atoms with E-state index in [1.807, 2.05) is 0 Å². The first-order chi connectivity index (χ1) is 15.8. The Kier molecular flexibility index (Phi) is 8.37. The summed E-state index contributed by atoms with van der Waals surface area (Å²) in [6.45, 7) is 2.49. The van der Waals surface area contributed by atoms with Crippen LogP contribution >= 0.6 is 22.9 Å². The molecule has 1 aromatic carbocycles. The number of nitro benzene ring substituents is 1. The van der Waals surface area contributed by atoms with Crippen LogP contribution in [0.2, 0.25) is 5.02 Å². The number of esters is 1. The number of carbonyl (C=O) groups is 2. The zero-order valence-electron chi connectivity index (χ0n) is 17.7. The van der Waals surface area contributed by atoms with Gasteiger partial charge in [-0.2, -0.15) is 0 Å². The predicted molar refractivity (Wildman–Crippen MR) is 123 cm³/mol. The summed E-state index contributed by atoms with van der Waals surface area (Å²) in [7, 11) is 0. The number of hydrogen-bond donors (Lipinski definition) is 1. The number of nitrogens with zero attached hydrogens (tertiary/aromatic N) is 2. The van der Waals surface area contributed by atoms with Gasteiger partial charge in [0.25, 0.3) is 11.2 Å². The molecule has 1 aromatic heterocycles. The summed E-state index contributed by atoms with van der Waals surface area (Å²) in [6, 6.07) is 4.14. The van der Waals surface area contributed by atoms with Gasteiger partial charge in [-0.3, -0.25) is 24.3 Å². The molecule has 1 aliphatic heterocycles. The van der Waals surface area contributed by atoms with Gasteiger partial charge in [0.2, 0.25) is 5.91 Å². The lowest BCUT2D eigenvalue weighted by Gasteiger charge is -2.10. The third-order valence-corrected chi connectivity index (χ3v) is 6.16. The average molecular weight is 496 g/mol. The largest absolute Gasteiger partial charge is 0.463 e. The second-order valence-electron chi connectivity index (χ2n) is 7.14. The van der Waals surface area contributed by atoms with Crippen molar-refractivity contribution in [2.24, 2.45) is 0 Å². The number of hydrogen-bond acceptors (Lipinski definition) is 8. The van der Waals surface area contributed by atoms with Crippen LogP contribution in [-0.2, 0) is 25.6 Å². The Morgan fingerprint density at radius 2 is 2.24 bits per heavy atom. The second-order valence-corrected chi connectivity index (χ2v) is 8.61. The summed E-state index contributed by atoms with van der Waals surface area (Å²) >= 11 is 6.82. The van der Waals surface area contributed by atoms with Crippen molar-refractivity contribution in [3.63, 3.8) is 0 Å². The Labute approximate surface area is 197 Å². The van der Waals surface area contributed by atoms with Crippen LogP contribution in [0.1, 0.15) is 25.3 Å². The first-order valence-corrected chi connectivity index (χ1v) is 11.4. The SMILES string of the molecule is CCOC(=O)/C=c1/s/c(=C\c2ccc(Cl)c([N+](=O)[O-])c2)c(=O)n1CC(=O)NCC1CCCO1. The highest BCUT2D eigenvalue weighted by Crippen LogP contribution is 2.25. The van der Waals surface area contributed by atoms with Crippen LogP contribution in [0.3, 0.4) is 0 Å². The fourth-order valence-corrected chi connectivity index (χ4v) is 4.44. The lowest BCUT2D eigenvalue weighted by molar-refractivity contribution is -0.384. The molecule has 3 rings (SSSR count). The van der Waals surface area contributed by atoms with Crippen LogP contribution in [0.15, 0.2) is 23.0 Å². The Bertz CT molecular complexity index is 1230. The van der Waals surface area contributed by atoms with Gasteiger partial charge in [0, 0.05) is 19.2 Å². The van der Waals surface area contributed by atoms with E-state index in [-0.39, 0.29) is 39.2 Å². The highest BCUT2D eigenvalue weighted by molar-refractivity contribution is 7.07. The summed E-state index contributed by atoms with van der Waals surface area (Å²) < 4.78 is 12.0. The molecule has 0 spiro atoms. The quantitative estimate of drug-likeness (QED) is 0.327. The van der Waals surface area contributed by atoms with Gasteiger partial charge in [-0.15, -0.1) is 11.3 Å². The number of benzene rings is 1. The van der Waals surface area contributed by atoms with Crippen molar-refractivity contribution in [3.05, 3.63) is 58.4 Å². The van der Waals surface area contributed by atoms with Gasteiger partial charge in [-0.25, -0.2) is 4.79 Å². The smallest absolute Gasteiger partial charge is 0.333 e. The van der Waals surface area contributed by atoms with E-state index >= 15 is 0 Å². The predicted octanol–water partition coefficient (Wildman–Crippen LogP) is 0.939. The van der Waals surface area contributed by atoms with Gasteiger partial charge in [0.15, 0.2) is 0 Å². The number of ether oxygens (including phenoxy) is 2. The third kappa shape index (κ3) is 6.50. The molecule has 0 saturated carbocycles. The standard InChI is InChI=1S/C21H22ClN3O7S/c1-2-31-20(27)10-19-24(12-18(26)23-11-14-4-3-7-32-14)21(28)17(33-19)9-13-5-6-15(22)16(8-13)25(29)30/h5-6,8-10,14H,2-4,7,11-12H2,1H3,(H,23,26)/b17-9-,19-10+. The second kappa shape index (κ2) is 11.2. The molecule has 1 fully saturated rings. The van der Waals surface area contributed by atoms with Crippen LogP contribution in [0.5, 0.6) is 0 Å². The minimum atomic E-state index is -0.652. The summed E-state index contributed by atoms with van der Waals surface area (Å²) in [5.74, 6) is -1.06. The minimum Gasteiger partial charge on any atom is -0.463 e. The van der Waals surface area contributed by atoms with Crippen LogP contribution in [-0.4, -0.2) is 47.2 Å². The molecule has 0 bridgehead atoms. The first kappa shape index (κ1) is 24.6. The van der Waals surface area contributed by atoms with Crippen molar-refractivity contribution in [3.8, 4) is 0 Å². The molecule has 1 unspecified atom stereocenters. The van der Waals surface area contributed by atoms with Crippen molar-refractivity contribution in [2.75, 3.05) is 19.8 Å². The summed E-state index contributed by atoms with van der Waals surface area (Å²) in [4.78, 5) is 48.0. The summed E-state index contributed by atoms with van der Waals surface area (Å²) in [6.07, 6.45) is 4.32. The van der Waals surface area contributed by atoms with Crippen LogP contribution in [0.25, 0.3) is 12.2 Å². The van der Waals surface area contributed by atoms with Crippen molar-refractivity contribution in [1.82, 2.24) is 9.88 Å². The Morgan fingerprint density at radius 3 is 2.91 bits per heavy atom. The molecule has 1 amide bonds. The number of carbonyl (C=O) groups excluding carboxylic acids is 2. The summed E-state index contributed by atoms with van der Waals surface area (Å²) in [5, 5.41) is 13.9. The molecule has 33 heavy (non-hydrogen) atoms. The van der Waals surface area contributed by atoms with Crippen LogP contribution < -0.4 is 20.1 Å². The van der Waals surface area contributed by atoms with Gasteiger partial charge in [0.1, 0.15) is 16.2 Å². The first-order valence-electron chi connectivity index (χ1n) is 10.2. The molecule has 176 valence electrons. The topological polar surface area (TPSA) is 130 Å². The number of aromatic nitrogens is 1. The maximum absolute atomic E-state index is 13.0. The number of thiazole rings is 1. The van der Waals surface area contributed by atoms with E-state index in [2.05, 4.69) is 5.32 Å². The Morgan fingerprint density at radius 1 is 1.45 bits per heavy atom. The maximum Gasteiger partial charge on any atom is 0.333 e. The fourth-order valence-electron chi connectivity index (χ4n) is 3.22. The molecule has 1 saturated heterocycles. The lowest BCUT2D eigenvalue weighted by atomic mass is 10.2. The van der Waals surface area contributed by atoms with Crippen molar-refractivity contribution in [2.45, 2.75) is 32.4 Å². The number of nitro groups is 1. The third-order valence-electron chi connectivity index (χ3n) is 4.78. The van der Waals surface area contributed by atoms with Crippen LogP contribution in [0, 0.1) is 10.1 Å². The van der Waals surface area contributed by atoms with E-state index in [4.69, 9.17) is 21.1 Å². The van der Waals surface area contributed by atoms with E-state index in [1.54, 1.807) is 6.92 Å². The lowest BCUT2D eigenvalue weighted by Crippen LogP contribution is -2.40. The highest BCUT2D eigenvalue weighted by Gasteiger charge is 2.17. The highest BCUT2D eigenvalue weighted by atomic mass is 35.5. The maximum atomic E-state index is 13.0. The van der Waals surface area contributed by atoms with Gasteiger partial charge < -0.3 is 14.8 Å². The molecule has 0 aliphatic carbocycles. The van der Waals surface area contributed by atoms with E-state index in [1.165, 1.54) is 28.8 Å². The normalized spacial score (nSPS) is 16.7. The molecular weight excluding hydrogens is 474 g/mol. The molecule has 12 heteroatoms. The molecule has 1 atom stereocenters. The van der Waals surface area contributed by atoms with Crippen molar-refractivity contribution in [1.29, 1.82) is 0 Å². The van der Waals surface area contributed by atoms with Gasteiger partial charge >= 0.3 is 5.97 Å². The van der Waals surface area contributed by atoms with Crippen molar-refractivity contribution >= 4 is 52.7 Å². The monoisotopic (exact) mass is 495 g/mol. The zero-order valence-corrected chi connectivity index (χ0v) is 19.3. The van der Waals surface area contributed by atoms with Gasteiger partial charge in [0.05, 0.1) is 28.2 Å². The minimum absolute atomic E-state index is 0.0278.